The normalized spacial score (nSPS) is 19.4. The Labute approximate surface area is 138 Å². The molecule has 2 aliphatic rings. The van der Waals surface area contributed by atoms with Crippen LogP contribution in [0.5, 0.6) is 0 Å². The maximum atomic E-state index is 12.3. The lowest BCUT2D eigenvalue weighted by atomic mass is 10.2. The number of hydrogen-bond donors (Lipinski definition) is 2. The van der Waals surface area contributed by atoms with Crippen molar-refractivity contribution >= 4 is 23.5 Å². The fourth-order valence-electron chi connectivity index (χ4n) is 2.02. The molecule has 2 N–H and O–H groups in total. The van der Waals surface area contributed by atoms with Crippen LogP contribution in [-0.2, 0) is 14.4 Å². The molecule has 8 nitrogen and oxygen atoms in total. The molecule has 1 aromatic rings. The number of carbonyl (C=O) groups is 3. The van der Waals surface area contributed by atoms with Crippen molar-refractivity contribution in [2.75, 3.05) is 7.05 Å². The lowest BCUT2D eigenvalue weighted by molar-refractivity contribution is -0.142. The van der Waals surface area contributed by atoms with E-state index in [2.05, 4.69) is 20.7 Å². The van der Waals surface area contributed by atoms with E-state index in [1.807, 2.05) is 0 Å². The maximum absolute atomic E-state index is 12.3. The average molecular weight is 328 g/mol. The van der Waals surface area contributed by atoms with E-state index in [9.17, 15) is 14.4 Å². The summed E-state index contributed by atoms with van der Waals surface area (Å²) in [4.78, 5) is 44.8. The third-order valence-electron chi connectivity index (χ3n) is 3.51. The summed E-state index contributed by atoms with van der Waals surface area (Å²) in [5.41, 5.74) is 2.64. The molecule has 1 saturated heterocycles. The maximum Gasteiger partial charge on any atom is 0.376 e. The highest BCUT2D eigenvalue weighted by molar-refractivity contribution is 6.45. The standard InChI is InChI=1S/C16H16N4O4/c1-20-13(16(23)24-19-20)9-12(15(22)17-11-7-8-11)18-14(21)10-5-3-2-4-6-10/h2-6,9,11,19H,7-8H2,1H3,(H,17,22)/b13-9+,18-12?. The Kier molecular flexibility index (Phi) is 4.39. The Morgan fingerprint density at radius 2 is 2.04 bits per heavy atom. The van der Waals surface area contributed by atoms with Gasteiger partial charge < -0.3 is 10.2 Å². The van der Waals surface area contributed by atoms with Gasteiger partial charge in [0.1, 0.15) is 11.4 Å². The number of benzene rings is 1. The highest BCUT2D eigenvalue weighted by Crippen LogP contribution is 2.19. The zero-order valence-corrected chi connectivity index (χ0v) is 13.0. The van der Waals surface area contributed by atoms with Crippen LogP contribution < -0.4 is 10.9 Å². The van der Waals surface area contributed by atoms with E-state index >= 15 is 0 Å². The summed E-state index contributed by atoms with van der Waals surface area (Å²) in [7, 11) is 1.55. The van der Waals surface area contributed by atoms with Crippen molar-refractivity contribution in [3.63, 3.8) is 0 Å². The summed E-state index contributed by atoms with van der Waals surface area (Å²) in [6, 6.07) is 8.49. The van der Waals surface area contributed by atoms with Crippen LogP contribution in [0.25, 0.3) is 0 Å². The van der Waals surface area contributed by atoms with Crippen LogP contribution in [-0.4, -0.2) is 41.6 Å². The Bertz CT molecular complexity index is 738. The number of hydrogen-bond acceptors (Lipinski definition) is 6. The van der Waals surface area contributed by atoms with Gasteiger partial charge in [-0.05, 0) is 25.0 Å². The van der Waals surface area contributed by atoms with Gasteiger partial charge in [-0.1, -0.05) is 23.8 Å². The lowest BCUT2D eigenvalue weighted by Gasteiger charge is -2.08. The number of nitrogens with one attached hydrogen (secondary N) is 2. The van der Waals surface area contributed by atoms with Crippen molar-refractivity contribution in [1.82, 2.24) is 15.9 Å². The number of aliphatic imine (C=N–C) groups is 1. The second-order valence-corrected chi connectivity index (χ2v) is 5.49. The monoisotopic (exact) mass is 328 g/mol. The summed E-state index contributed by atoms with van der Waals surface area (Å²) in [5, 5.41) is 4.06. The van der Waals surface area contributed by atoms with E-state index in [-0.39, 0.29) is 17.5 Å². The van der Waals surface area contributed by atoms with E-state index < -0.39 is 17.8 Å². The molecule has 0 spiro atoms. The first-order valence-corrected chi connectivity index (χ1v) is 7.46. The van der Waals surface area contributed by atoms with E-state index in [4.69, 9.17) is 0 Å². The predicted molar refractivity (Wildman–Crippen MR) is 84.4 cm³/mol. The van der Waals surface area contributed by atoms with Crippen LogP contribution in [0, 0.1) is 0 Å². The first kappa shape index (κ1) is 15.9. The summed E-state index contributed by atoms with van der Waals surface area (Å²) in [6.45, 7) is 0. The summed E-state index contributed by atoms with van der Waals surface area (Å²) in [5.74, 6) is -1.71. The molecule has 0 radical (unpaired) electrons. The van der Waals surface area contributed by atoms with Gasteiger partial charge in [0.15, 0.2) is 0 Å². The molecule has 2 fully saturated rings. The molecule has 8 heteroatoms. The Hall–Kier alpha value is -3.00. The summed E-state index contributed by atoms with van der Waals surface area (Å²) < 4.78 is 0. The van der Waals surface area contributed by atoms with E-state index in [0.29, 0.717) is 5.56 Å². The Morgan fingerprint density at radius 3 is 2.62 bits per heavy atom. The van der Waals surface area contributed by atoms with Crippen LogP contribution in [0.4, 0.5) is 0 Å². The predicted octanol–water partition coefficient (Wildman–Crippen LogP) is 0.338. The molecular weight excluding hydrogens is 312 g/mol. The zero-order valence-electron chi connectivity index (χ0n) is 13.0. The third kappa shape index (κ3) is 3.66. The van der Waals surface area contributed by atoms with Gasteiger partial charge in [0, 0.05) is 24.7 Å². The van der Waals surface area contributed by atoms with Crippen LogP contribution in [0.1, 0.15) is 23.2 Å². The van der Waals surface area contributed by atoms with Crippen molar-refractivity contribution in [1.29, 1.82) is 0 Å². The topological polar surface area (TPSA) is 100 Å². The molecular formula is C16H16N4O4. The highest BCUT2D eigenvalue weighted by atomic mass is 16.7. The molecule has 0 unspecified atom stereocenters. The van der Waals surface area contributed by atoms with Crippen LogP contribution >= 0.6 is 0 Å². The van der Waals surface area contributed by atoms with Gasteiger partial charge in [-0.2, -0.15) is 0 Å². The minimum Gasteiger partial charge on any atom is -0.348 e. The first-order chi connectivity index (χ1) is 11.5. The van der Waals surface area contributed by atoms with Gasteiger partial charge in [0.2, 0.25) is 0 Å². The van der Waals surface area contributed by atoms with Crippen molar-refractivity contribution in [3.05, 3.63) is 47.7 Å². The second-order valence-electron chi connectivity index (χ2n) is 5.49. The van der Waals surface area contributed by atoms with Crippen molar-refractivity contribution in [3.8, 4) is 0 Å². The molecule has 3 rings (SSSR count). The van der Waals surface area contributed by atoms with Crippen LogP contribution in [0.15, 0.2) is 47.1 Å². The van der Waals surface area contributed by atoms with Crippen molar-refractivity contribution in [2.45, 2.75) is 18.9 Å². The van der Waals surface area contributed by atoms with Gasteiger partial charge in [0.05, 0.1) is 0 Å². The minimum atomic E-state index is -0.656. The highest BCUT2D eigenvalue weighted by Gasteiger charge is 2.29. The van der Waals surface area contributed by atoms with Gasteiger partial charge >= 0.3 is 5.97 Å². The van der Waals surface area contributed by atoms with Gasteiger partial charge in [0.25, 0.3) is 11.8 Å². The number of likely N-dealkylation sites (N-methyl/N-ethyl adjacent to an activating group) is 1. The van der Waals surface area contributed by atoms with Crippen LogP contribution in [0.2, 0.25) is 0 Å². The largest absolute Gasteiger partial charge is 0.376 e. The fraction of sp³-hybridized carbons (Fsp3) is 0.250. The average Bonchev–Trinajstić information content (AvgIpc) is 3.34. The molecule has 1 saturated carbocycles. The van der Waals surface area contributed by atoms with E-state index in [0.717, 1.165) is 12.8 Å². The van der Waals surface area contributed by atoms with Gasteiger partial charge in [-0.25, -0.2) is 9.79 Å². The van der Waals surface area contributed by atoms with E-state index in [1.54, 1.807) is 37.4 Å². The van der Waals surface area contributed by atoms with Crippen LogP contribution in [0.3, 0.4) is 0 Å². The molecule has 0 aromatic heterocycles. The minimum absolute atomic E-state index is 0.0839. The number of amides is 2. The lowest BCUT2D eigenvalue weighted by Crippen LogP contribution is -2.33. The number of hydrazine groups is 1. The third-order valence-corrected chi connectivity index (χ3v) is 3.51. The number of rotatable bonds is 4. The molecule has 1 heterocycles. The van der Waals surface area contributed by atoms with Crippen molar-refractivity contribution < 1.29 is 19.2 Å². The first-order valence-electron chi connectivity index (χ1n) is 7.46. The second kappa shape index (κ2) is 6.63. The smallest absolute Gasteiger partial charge is 0.348 e. The molecule has 0 atom stereocenters. The molecule has 1 aromatic carbocycles. The Morgan fingerprint density at radius 1 is 1.33 bits per heavy atom. The summed E-state index contributed by atoms with van der Waals surface area (Å²) >= 11 is 0. The fourth-order valence-corrected chi connectivity index (χ4v) is 2.02. The molecule has 1 aliphatic heterocycles. The quantitative estimate of drug-likeness (QED) is 0.611. The zero-order chi connectivity index (χ0) is 17.1. The number of carbonyl (C=O) groups excluding carboxylic acids is 3. The summed E-state index contributed by atoms with van der Waals surface area (Å²) in [6.07, 6.45) is 3.03. The molecule has 24 heavy (non-hydrogen) atoms. The number of nitrogens with zero attached hydrogens (tertiary/aromatic N) is 2. The van der Waals surface area contributed by atoms with E-state index in [1.165, 1.54) is 11.1 Å². The van der Waals surface area contributed by atoms with Gasteiger partial charge in [-0.15, -0.1) is 0 Å². The van der Waals surface area contributed by atoms with Crippen molar-refractivity contribution in [2.24, 2.45) is 4.99 Å². The SMILES string of the molecule is CN1NOC(=O)/C1=C\C(=NC(=O)c1ccccc1)C(=O)NC1CC1. The molecule has 2 amide bonds. The molecule has 1 aliphatic carbocycles. The molecule has 0 bridgehead atoms. The van der Waals surface area contributed by atoms with Gasteiger partial charge in [-0.3, -0.25) is 14.6 Å². The Balaban J connectivity index is 1.90. The molecule has 124 valence electrons.